The van der Waals surface area contributed by atoms with Crippen LogP contribution < -0.4 is 4.74 Å². The number of likely N-dealkylation sites (N-methyl/N-ethyl adjacent to an activating group) is 1. The third kappa shape index (κ3) is 6.24. The molecule has 1 aromatic carbocycles. The minimum atomic E-state index is 0.0109. The van der Waals surface area contributed by atoms with Gasteiger partial charge in [-0.3, -0.25) is 4.79 Å². The number of ether oxygens (including phenoxy) is 1. The fraction of sp³-hybridized carbons (Fsp3) is 0.526. The Hall–Kier alpha value is -1.54. The van der Waals surface area contributed by atoms with Gasteiger partial charge in [0.25, 0.3) is 5.22 Å². The summed E-state index contributed by atoms with van der Waals surface area (Å²) in [7, 11) is 1.77. The van der Waals surface area contributed by atoms with E-state index in [-0.39, 0.29) is 11.7 Å². The van der Waals surface area contributed by atoms with Crippen molar-refractivity contribution in [1.29, 1.82) is 0 Å². The lowest BCUT2D eigenvalue weighted by molar-refractivity contribution is -0.127. The molecule has 0 saturated heterocycles. The quantitative estimate of drug-likeness (QED) is 0.547. The molecular weight excluding hydrogens is 430 g/mol. The molecule has 0 unspecified atom stereocenters. The number of nitrogens with zero attached hydrogens (tertiary/aromatic N) is 3. The second-order valence-electron chi connectivity index (χ2n) is 6.65. The third-order valence-corrected chi connectivity index (χ3v) is 5.96. The number of rotatable bonds is 8. The van der Waals surface area contributed by atoms with E-state index in [2.05, 4.69) is 26.1 Å². The van der Waals surface area contributed by atoms with Crippen molar-refractivity contribution in [3.05, 3.63) is 34.6 Å². The first-order chi connectivity index (χ1) is 13.1. The van der Waals surface area contributed by atoms with E-state index in [1.54, 1.807) is 11.9 Å². The fourth-order valence-electron chi connectivity index (χ4n) is 2.98. The Morgan fingerprint density at radius 1 is 1.26 bits per heavy atom. The van der Waals surface area contributed by atoms with Gasteiger partial charge in [-0.15, -0.1) is 10.2 Å². The molecule has 6 nitrogen and oxygen atoms in total. The molecule has 146 valence electrons. The molecule has 1 aromatic heterocycles. The maximum atomic E-state index is 12.3. The molecular formula is C19H24BrN3O3S. The first-order valence-corrected chi connectivity index (χ1v) is 11.0. The Kier molecular flexibility index (Phi) is 7.58. The minimum absolute atomic E-state index is 0.0109. The van der Waals surface area contributed by atoms with Crippen LogP contribution >= 0.6 is 27.7 Å². The number of thioether (sulfide) groups is 1. The lowest BCUT2D eigenvalue weighted by Gasteiger charge is -2.17. The molecule has 0 N–H and O–H groups in total. The summed E-state index contributed by atoms with van der Waals surface area (Å²) in [4.78, 5) is 13.9. The molecule has 3 rings (SSSR count). The average molecular weight is 454 g/mol. The molecule has 0 aliphatic heterocycles. The van der Waals surface area contributed by atoms with Crippen LogP contribution in [0.5, 0.6) is 5.75 Å². The summed E-state index contributed by atoms with van der Waals surface area (Å²) in [5.74, 6) is 2.18. The average Bonchev–Trinajstić information content (AvgIpc) is 3.17. The summed E-state index contributed by atoms with van der Waals surface area (Å²) in [6.45, 7) is 0.966. The summed E-state index contributed by atoms with van der Waals surface area (Å²) in [6.07, 6.45) is 5.97. The van der Waals surface area contributed by atoms with Gasteiger partial charge in [-0.1, -0.05) is 47.0 Å². The lowest BCUT2D eigenvalue weighted by atomic mass is 9.89. The third-order valence-electron chi connectivity index (χ3n) is 4.63. The van der Waals surface area contributed by atoms with E-state index < -0.39 is 0 Å². The Bertz CT molecular complexity index is 732. The summed E-state index contributed by atoms with van der Waals surface area (Å²) in [5.41, 5.74) is 0. The fourth-order valence-corrected chi connectivity index (χ4v) is 3.96. The van der Waals surface area contributed by atoms with E-state index in [1.807, 2.05) is 24.3 Å². The van der Waals surface area contributed by atoms with Crippen molar-refractivity contribution in [1.82, 2.24) is 15.1 Å². The maximum absolute atomic E-state index is 12.3. The second-order valence-corrected chi connectivity index (χ2v) is 8.49. The van der Waals surface area contributed by atoms with Crippen molar-refractivity contribution in [2.45, 2.75) is 43.2 Å². The van der Waals surface area contributed by atoms with E-state index in [9.17, 15) is 4.79 Å². The first kappa shape index (κ1) is 20.2. The highest BCUT2D eigenvalue weighted by atomic mass is 79.9. The van der Waals surface area contributed by atoms with E-state index in [0.717, 1.165) is 29.0 Å². The Balaban J connectivity index is 1.38. The molecule has 1 saturated carbocycles. The largest absolute Gasteiger partial charge is 0.492 e. The van der Waals surface area contributed by atoms with Crippen LogP contribution in [0.15, 0.2) is 38.4 Å². The van der Waals surface area contributed by atoms with Crippen LogP contribution in [0.25, 0.3) is 0 Å². The van der Waals surface area contributed by atoms with Gasteiger partial charge in [-0.25, -0.2) is 0 Å². The second kappa shape index (κ2) is 10.1. The van der Waals surface area contributed by atoms with Crippen molar-refractivity contribution < 1.29 is 13.9 Å². The monoisotopic (exact) mass is 453 g/mol. The van der Waals surface area contributed by atoms with Crippen molar-refractivity contribution in [3.63, 3.8) is 0 Å². The van der Waals surface area contributed by atoms with E-state index in [0.29, 0.717) is 24.3 Å². The van der Waals surface area contributed by atoms with Crippen molar-refractivity contribution in [2.24, 2.45) is 0 Å². The molecule has 0 radical (unpaired) electrons. The van der Waals surface area contributed by atoms with Gasteiger partial charge in [-0.05, 0) is 37.1 Å². The normalized spacial score (nSPS) is 14.9. The Morgan fingerprint density at radius 3 is 2.74 bits per heavy atom. The zero-order chi connectivity index (χ0) is 19.1. The number of aromatic nitrogens is 2. The molecule has 0 spiro atoms. The molecule has 1 aliphatic rings. The zero-order valence-electron chi connectivity index (χ0n) is 15.4. The van der Waals surface area contributed by atoms with Gasteiger partial charge in [0.05, 0.1) is 12.3 Å². The predicted molar refractivity (Wildman–Crippen MR) is 108 cm³/mol. The summed E-state index contributed by atoms with van der Waals surface area (Å²) < 4.78 is 12.4. The van der Waals surface area contributed by atoms with Crippen LogP contribution in [0.2, 0.25) is 0 Å². The van der Waals surface area contributed by atoms with Crippen LogP contribution in [0.3, 0.4) is 0 Å². The van der Waals surface area contributed by atoms with Crippen LogP contribution in [-0.4, -0.2) is 47.0 Å². The molecule has 1 heterocycles. The van der Waals surface area contributed by atoms with Crippen LogP contribution in [0.4, 0.5) is 0 Å². The minimum Gasteiger partial charge on any atom is -0.492 e. The number of benzene rings is 1. The number of carbonyl (C=O) groups excluding carboxylic acids is 1. The number of carbonyl (C=O) groups is 1. The maximum Gasteiger partial charge on any atom is 0.277 e. The van der Waals surface area contributed by atoms with Gasteiger partial charge in [-0.2, -0.15) is 0 Å². The highest BCUT2D eigenvalue weighted by Gasteiger charge is 2.22. The highest BCUT2D eigenvalue weighted by Crippen LogP contribution is 2.32. The number of hydrogen-bond acceptors (Lipinski definition) is 6. The Labute approximate surface area is 172 Å². The smallest absolute Gasteiger partial charge is 0.277 e. The summed E-state index contributed by atoms with van der Waals surface area (Å²) >= 11 is 4.68. The van der Waals surface area contributed by atoms with E-state index >= 15 is 0 Å². The topological polar surface area (TPSA) is 68.5 Å². The van der Waals surface area contributed by atoms with Gasteiger partial charge in [0.15, 0.2) is 0 Å². The summed E-state index contributed by atoms with van der Waals surface area (Å²) in [6, 6.07) is 7.63. The predicted octanol–water partition coefficient (Wildman–Crippen LogP) is 4.51. The lowest BCUT2D eigenvalue weighted by Crippen LogP contribution is -2.32. The molecule has 2 aromatic rings. The first-order valence-electron chi connectivity index (χ1n) is 9.20. The van der Waals surface area contributed by atoms with E-state index in [1.165, 1.54) is 31.0 Å². The van der Waals surface area contributed by atoms with Crippen LogP contribution in [-0.2, 0) is 4.79 Å². The molecule has 8 heteroatoms. The van der Waals surface area contributed by atoms with E-state index in [4.69, 9.17) is 9.15 Å². The van der Waals surface area contributed by atoms with Gasteiger partial charge in [0, 0.05) is 17.4 Å². The molecule has 27 heavy (non-hydrogen) atoms. The van der Waals surface area contributed by atoms with Gasteiger partial charge in [0.2, 0.25) is 11.8 Å². The van der Waals surface area contributed by atoms with Crippen LogP contribution in [0, 0.1) is 0 Å². The van der Waals surface area contributed by atoms with Gasteiger partial charge < -0.3 is 14.1 Å². The number of halogens is 1. The van der Waals surface area contributed by atoms with Gasteiger partial charge in [0.1, 0.15) is 12.4 Å². The van der Waals surface area contributed by atoms with Gasteiger partial charge >= 0.3 is 0 Å². The number of hydrogen-bond donors (Lipinski definition) is 0. The standard InChI is InChI=1S/C19H24BrN3O3S/c1-23(11-12-25-16-9-7-15(20)8-10-16)17(24)13-27-19-22-21-18(26-19)14-5-3-2-4-6-14/h7-10,14H,2-6,11-13H2,1H3. The summed E-state index contributed by atoms with van der Waals surface area (Å²) in [5, 5.41) is 8.72. The van der Waals surface area contributed by atoms with Crippen molar-refractivity contribution in [2.75, 3.05) is 26.0 Å². The van der Waals surface area contributed by atoms with Crippen molar-refractivity contribution >= 4 is 33.6 Å². The Morgan fingerprint density at radius 2 is 2.00 bits per heavy atom. The molecule has 0 atom stereocenters. The molecule has 0 bridgehead atoms. The van der Waals surface area contributed by atoms with Crippen LogP contribution in [0.1, 0.15) is 43.9 Å². The zero-order valence-corrected chi connectivity index (χ0v) is 17.8. The highest BCUT2D eigenvalue weighted by molar-refractivity contribution is 9.10. The molecule has 1 fully saturated rings. The van der Waals surface area contributed by atoms with Crippen molar-refractivity contribution in [3.8, 4) is 5.75 Å². The molecule has 1 amide bonds. The molecule has 1 aliphatic carbocycles. The number of amides is 1. The SMILES string of the molecule is CN(CCOc1ccc(Br)cc1)C(=O)CSc1nnc(C2CCCCC2)o1.